The molecule has 26 heavy (non-hydrogen) atoms. The average molecular weight is 353 g/mol. The zero-order chi connectivity index (χ0) is 17.6. The lowest BCUT2D eigenvalue weighted by Crippen LogP contribution is -2.54. The van der Waals surface area contributed by atoms with Crippen LogP contribution in [0.15, 0.2) is 24.3 Å². The number of hydrogen-bond acceptors (Lipinski definition) is 3. The summed E-state index contributed by atoms with van der Waals surface area (Å²) in [6.45, 7) is 3.31. The average Bonchev–Trinajstić information content (AvgIpc) is 3.09. The molecule has 2 saturated heterocycles. The number of benzene rings is 1. The summed E-state index contributed by atoms with van der Waals surface area (Å²) in [6, 6.07) is 8.56. The third-order valence-electron chi connectivity index (χ3n) is 6.49. The van der Waals surface area contributed by atoms with E-state index in [2.05, 4.69) is 39.5 Å². The van der Waals surface area contributed by atoms with Gasteiger partial charge in [0.25, 0.3) is 0 Å². The number of H-pyrrole nitrogens is 1. The number of piperidine rings is 2. The molecule has 1 amide bonds. The highest BCUT2D eigenvalue weighted by atomic mass is 16.5. The molecule has 0 aliphatic carbocycles. The van der Waals surface area contributed by atoms with Gasteiger partial charge in [-0.15, -0.1) is 0 Å². The highest BCUT2D eigenvalue weighted by Crippen LogP contribution is 2.43. The second kappa shape index (κ2) is 6.39. The van der Waals surface area contributed by atoms with Gasteiger partial charge in [0.1, 0.15) is 5.60 Å². The minimum atomic E-state index is -0.247. The van der Waals surface area contributed by atoms with Crippen LogP contribution in [0, 0.1) is 0 Å². The number of carbonyl (C=O) groups is 1. The summed E-state index contributed by atoms with van der Waals surface area (Å²) < 4.78 is 6.35. The van der Waals surface area contributed by atoms with Crippen LogP contribution in [0.5, 0.6) is 0 Å². The Labute approximate surface area is 154 Å². The van der Waals surface area contributed by atoms with Crippen molar-refractivity contribution in [3.05, 3.63) is 35.5 Å². The Bertz CT molecular complexity index is 814. The van der Waals surface area contributed by atoms with Crippen molar-refractivity contribution < 1.29 is 9.53 Å². The molecule has 138 valence electrons. The first-order valence-electron chi connectivity index (χ1n) is 10.0. The summed E-state index contributed by atoms with van der Waals surface area (Å²) in [5.74, 6) is 0.284. The monoisotopic (exact) mass is 353 g/mol. The highest BCUT2D eigenvalue weighted by Gasteiger charge is 2.44. The molecule has 0 unspecified atom stereocenters. The largest absolute Gasteiger partial charge is 0.368 e. The molecule has 3 aliphatic heterocycles. The number of ether oxygens (including phenoxy) is 1. The molecule has 1 aromatic heterocycles. The number of aromatic amines is 1. The van der Waals surface area contributed by atoms with Crippen LogP contribution >= 0.6 is 0 Å². The van der Waals surface area contributed by atoms with Gasteiger partial charge in [0.15, 0.2) is 0 Å². The summed E-state index contributed by atoms with van der Waals surface area (Å²) in [7, 11) is 0. The summed E-state index contributed by atoms with van der Waals surface area (Å²) >= 11 is 0. The lowest BCUT2D eigenvalue weighted by atomic mass is 9.83. The van der Waals surface area contributed by atoms with Crippen LogP contribution in [-0.4, -0.2) is 48.1 Å². The zero-order valence-electron chi connectivity index (χ0n) is 15.2. The van der Waals surface area contributed by atoms with Gasteiger partial charge < -0.3 is 19.9 Å². The van der Waals surface area contributed by atoms with E-state index in [1.54, 1.807) is 0 Å². The number of carbonyl (C=O) groups excluding carboxylic acids is 1. The number of fused-ring (bicyclic) bond motifs is 4. The molecule has 0 bridgehead atoms. The summed E-state index contributed by atoms with van der Waals surface area (Å²) in [6.07, 6.45) is 6.04. The number of aromatic nitrogens is 1. The predicted molar refractivity (Wildman–Crippen MR) is 101 cm³/mol. The second-order valence-corrected chi connectivity index (χ2v) is 7.94. The van der Waals surface area contributed by atoms with Crippen LogP contribution in [0.4, 0.5) is 0 Å². The maximum Gasteiger partial charge on any atom is 0.239 e. The molecule has 4 heterocycles. The van der Waals surface area contributed by atoms with Crippen LogP contribution in [0.3, 0.4) is 0 Å². The van der Waals surface area contributed by atoms with Gasteiger partial charge in [-0.25, -0.2) is 0 Å². The van der Waals surface area contributed by atoms with Crippen molar-refractivity contribution in [2.75, 3.05) is 26.2 Å². The maximum absolute atomic E-state index is 12.8. The summed E-state index contributed by atoms with van der Waals surface area (Å²) in [5, 5.41) is 4.72. The van der Waals surface area contributed by atoms with Crippen molar-refractivity contribution in [2.45, 2.75) is 50.2 Å². The Hall–Kier alpha value is -1.85. The first-order chi connectivity index (χ1) is 12.8. The molecule has 2 N–H and O–H groups in total. The fourth-order valence-electron chi connectivity index (χ4n) is 5.03. The first kappa shape index (κ1) is 16.3. The zero-order valence-corrected chi connectivity index (χ0v) is 15.2. The van der Waals surface area contributed by atoms with Gasteiger partial charge in [0.05, 0.1) is 18.3 Å². The molecular weight excluding hydrogens is 326 g/mol. The van der Waals surface area contributed by atoms with Crippen LogP contribution < -0.4 is 5.32 Å². The topological polar surface area (TPSA) is 57.4 Å². The molecule has 2 aromatic rings. The molecule has 3 aliphatic rings. The molecule has 5 nitrogen and oxygen atoms in total. The number of rotatable bonds is 1. The molecule has 1 spiro atoms. The van der Waals surface area contributed by atoms with Crippen LogP contribution in [0.1, 0.15) is 43.4 Å². The van der Waals surface area contributed by atoms with E-state index in [4.69, 9.17) is 4.74 Å². The van der Waals surface area contributed by atoms with Crippen molar-refractivity contribution in [3.63, 3.8) is 0 Å². The van der Waals surface area contributed by atoms with Crippen molar-refractivity contribution in [3.8, 4) is 0 Å². The van der Waals surface area contributed by atoms with Crippen LogP contribution in [-0.2, 0) is 21.6 Å². The highest BCUT2D eigenvalue weighted by molar-refractivity contribution is 5.85. The van der Waals surface area contributed by atoms with Crippen LogP contribution in [0.2, 0.25) is 0 Å². The molecule has 1 aromatic carbocycles. The Morgan fingerprint density at radius 2 is 2.04 bits per heavy atom. The van der Waals surface area contributed by atoms with E-state index >= 15 is 0 Å². The van der Waals surface area contributed by atoms with Crippen molar-refractivity contribution in [1.82, 2.24) is 15.2 Å². The van der Waals surface area contributed by atoms with E-state index in [-0.39, 0.29) is 17.6 Å². The number of hydrogen-bond donors (Lipinski definition) is 2. The molecule has 5 heteroatoms. The fourth-order valence-corrected chi connectivity index (χ4v) is 5.03. The predicted octanol–water partition coefficient (Wildman–Crippen LogP) is 2.70. The van der Waals surface area contributed by atoms with Gasteiger partial charge >= 0.3 is 0 Å². The van der Waals surface area contributed by atoms with Gasteiger partial charge in [0, 0.05) is 24.0 Å². The van der Waals surface area contributed by atoms with E-state index in [9.17, 15) is 4.79 Å². The Kier molecular flexibility index (Phi) is 4.02. The second-order valence-electron chi connectivity index (χ2n) is 7.94. The molecule has 0 saturated carbocycles. The third-order valence-corrected chi connectivity index (χ3v) is 6.49. The van der Waals surface area contributed by atoms with Crippen molar-refractivity contribution in [1.29, 1.82) is 0 Å². The Morgan fingerprint density at radius 1 is 1.19 bits per heavy atom. The third kappa shape index (κ3) is 2.57. The van der Waals surface area contributed by atoms with Gasteiger partial charge in [-0.3, -0.25) is 4.79 Å². The summed E-state index contributed by atoms with van der Waals surface area (Å²) in [5.41, 5.74) is 3.63. The quantitative estimate of drug-likeness (QED) is 0.829. The number of amides is 1. The van der Waals surface area contributed by atoms with E-state index in [0.29, 0.717) is 0 Å². The number of para-hydroxylation sites is 1. The van der Waals surface area contributed by atoms with Crippen molar-refractivity contribution in [2.24, 2.45) is 0 Å². The SMILES string of the molecule is O=C([C@H]1CCCCN1)N1CCC2(CC1)OCCc1c2[nH]c2ccccc12. The van der Waals surface area contributed by atoms with E-state index < -0.39 is 0 Å². The molecule has 5 rings (SSSR count). The van der Waals surface area contributed by atoms with Crippen LogP contribution in [0.25, 0.3) is 10.9 Å². The number of likely N-dealkylation sites (tertiary alicyclic amines) is 1. The molecular formula is C21H27N3O2. The number of nitrogens with one attached hydrogen (secondary N) is 2. The number of nitrogens with zero attached hydrogens (tertiary/aromatic N) is 1. The van der Waals surface area contributed by atoms with Gasteiger partial charge in [-0.1, -0.05) is 24.6 Å². The normalized spacial score (nSPS) is 25.4. The molecule has 2 fully saturated rings. The standard InChI is InChI=1S/C21H27N3O2/c25-20(18-7-3-4-11-22-18)24-12-9-21(10-13-24)19-16(8-14-26-21)15-5-1-2-6-17(15)23-19/h1-2,5-6,18,22-23H,3-4,7-14H2/t18-/m1/s1. The molecule has 0 radical (unpaired) electrons. The van der Waals surface area contributed by atoms with E-state index in [1.807, 2.05) is 0 Å². The Balaban J connectivity index is 1.37. The molecule has 1 atom stereocenters. The summed E-state index contributed by atoms with van der Waals surface area (Å²) in [4.78, 5) is 18.5. The van der Waals surface area contributed by atoms with E-state index in [0.717, 1.165) is 58.3 Å². The maximum atomic E-state index is 12.8. The first-order valence-corrected chi connectivity index (χ1v) is 10.0. The van der Waals surface area contributed by atoms with Gasteiger partial charge in [-0.05, 0) is 50.3 Å². The van der Waals surface area contributed by atoms with E-state index in [1.165, 1.54) is 28.6 Å². The smallest absolute Gasteiger partial charge is 0.239 e. The lowest BCUT2D eigenvalue weighted by Gasteiger charge is -2.44. The minimum absolute atomic E-state index is 0.0220. The Morgan fingerprint density at radius 3 is 2.85 bits per heavy atom. The van der Waals surface area contributed by atoms with Gasteiger partial charge in [0.2, 0.25) is 5.91 Å². The van der Waals surface area contributed by atoms with Crippen molar-refractivity contribution >= 4 is 16.8 Å². The minimum Gasteiger partial charge on any atom is -0.368 e. The van der Waals surface area contributed by atoms with Gasteiger partial charge in [-0.2, -0.15) is 0 Å². The fraction of sp³-hybridized carbons (Fsp3) is 0.571. The lowest BCUT2D eigenvalue weighted by molar-refractivity contribution is -0.143.